The van der Waals surface area contributed by atoms with E-state index in [-0.39, 0.29) is 11.2 Å². The maximum absolute atomic E-state index is 11.5. The van der Waals surface area contributed by atoms with Crippen LogP contribution in [0.5, 0.6) is 0 Å². The van der Waals surface area contributed by atoms with E-state index in [4.69, 9.17) is 15.4 Å². The molecule has 0 N–H and O–H groups in total. The quantitative estimate of drug-likeness (QED) is 0.720. The van der Waals surface area contributed by atoms with E-state index in [9.17, 15) is 8.42 Å². The van der Waals surface area contributed by atoms with E-state index in [0.29, 0.717) is 24.5 Å². The molecule has 0 spiro atoms. The van der Waals surface area contributed by atoms with Crippen LogP contribution in [0.2, 0.25) is 0 Å². The Morgan fingerprint density at radius 3 is 2.15 bits per heavy atom. The van der Waals surface area contributed by atoms with Gasteiger partial charge in [0.25, 0.3) is 0 Å². The van der Waals surface area contributed by atoms with Gasteiger partial charge in [0.05, 0.1) is 18.5 Å². The second-order valence-electron chi connectivity index (χ2n) is 7.24. The Labute approximate surface area is 127 Å². The zero-order chi connectivity index (χ0) is 14.8. The van der Waals surface area contributed by atoms with Crippen molar-refractivity contribution in [2.24, 2.45) is 17.3 Å². The highest BCUT2D eigenvalue weighted by Crippen LogP contribution is 2.41. The van der Waals surface area contributed by atoms with Crippen LogP contribution in [0.15, 0.2) is 0 Å². The second-order valence-corrected chi connectivity index (χ2v) is 10.0. The third-order valence-corrected chi connectivity index (χ3v) is 6.19. The maximum Gasteiger partial charge on any atom is 0.233 e. The number of ether oxygens (including phenoxy) is 1. The zero-order valence-corrected chi connectivity index (χ0v) is 14.2. The molecule has 0 aromatic carbocycles. The fraction of sp³-hybridized carbons (Fsp3) is 1.00. The van der Waals surface area contributed by atoms with Crippen molar-refractivity contribution in [3.63, 3.8) is 0 Å². The topological polar surface area (TPSA) is 43.4 Å². The molecule has 20 heavy (non-hydrogen) atoms. The minimum Gasteiger partial charge on any atom is -0.378 e. The van der Waals surface area contributed by atoms with E-state index < -0.39 is 9.05 Å². The van der Waals surface area contributed by atoms with Crippen molar-refractivity contribution in [1.29, 1.82) is 0 Å². The van der Waals surface area contributed by atoms with E-state index in [2.05, 4.69) is 13.8 Å². The lowest BCUT2D eigenvalue weighted by molar-refractivity contribution is -0.0361. The lowest BCUT2D eigenvalue weighted by atomic mass is 9.81. The normalized spacial score (nSPS) is 34.2. The van der Waals surface area contributed by atoms with Crippen molar-refractivity contribution in [2.75, 3.05) is 12.4 Å². The van der Waals surface area contributed by atoms with Crippen molar-refractivity contribution in [2.45, 2.75) is 64.9 Å². The fourth-order valence-corrected chi connectivity index (χ4v) is 5.92. The molecule has 0 heterocycles. The predicted octanol–water partition coefficient (Wildman–Crippen LogP) is 3.96. The third-order valence-electron chi connectivity index (χ3n) is 4.90. The Morgan fingerprint density at radius 1 is 1.10 bits per heavy atom. The first-order valence-electron chi connectivity index (χ1n) is 7.82. The van der Waals surface area contributed by atoms with E-state index >= 15 is 0 Å². The van der Waals surface area contributed by atoms with E-state index in [1.54, 1.807) is 0 Å². The standard InChI is InChI=1S/C15H27ClO3S/c1-12-7-13(2)9-14(8-12)19-10-15(5-3-4-6-15)11-20(16,17)18/h12-14H,3-11H2,1-2H3. The summed E-state index contributed by atoms with van der Waals surface area (Å²) in [5.41, 5.74) is -0.232. The monoisotopic (exact) mass is 322 g/mol. The van der Waals surface area contributed by atoms with Crippen LogP contribution in [0, 0.1) is 17.3 Å². The smallest absolute Gasteiger partial charge is 0.233 e. The van der Waals surface area contributed by atoms with Gasteiger partial charge in [0, 0.05) is 16.1 Å². The molecule has 2 atom stereocenters. The molecule has 2 fully saturated rings. The molecule has 0 bridgehead atoms. The van der Waals surface area contributed by atoms with Crippen LogP contribution in [0.4, 0.5) is 0 Å². The zero-order valence-electron chi connectivity index (χ0n) is 12.6. The van der Waals surface area contributed by atoms with Crippen LogP contribution < -0.4 is 0 Å². The van der Waals surface area contributed by atoms with Gasteiger partial charge in [-0.15, -0.1) is 0 Å². The van der Waals surface area contributed by atoms with Crippen molar-refractivity contribution in [3.8, 4) is 0 Å². The molecule has 5 heteroatoms. The number of rotatable bonds is 5. The summed E-state index contributed by atoms with van der Waals surface area (Å²) in [6, 6.07) is 0. The van der Waals surface area contributed by atoms with Gasteiger partial charge in [-0.2, -0.15) is 0 Å². The maximum atomic E-state index is 11.5. The van der Waals surface area contributed by atoms with Crippen molar-refractivity contribution in [1.82, 2.24) is 0 Å². The summed E-state index contributed by atoms with van der Waals surface area (Å²) in [5.74, 6) is 1.49. The molecular weight excluding hydrogens is 296 g/mol. The van der Waals surface area contributed by atoms with E-state index in [0.717, 1.165) is 38.5 Å². The van der Waals surface area contributed by atoms with Crippen molar-refractivity contribution in [3.05, 3.63) is 0 Å². The summed E-state index contributed by atoms with van der Waals surface area (Å²) in [4.78, 5) is 0. The van der Waals surface area contributed by atoms with E-state index in [1.807, 2.05) is 0 Å². The van der Waals surface area contributed by atoms with Crippen molar-refractivity contribution < 1.29 is 13.2 Å². The molecule has 118 valence electrons. The number of halogens is 1. The summed E-state index contributed by atoms with van der Waals surface area (Å²) >= 11 is 0. The molecule has 0 aromatic rings. The van der Waals surface area contributed by atoms with Gasteiger partial charge in [0.1, 0.15) is 0 Å². The molecule has 2 aliphatic carbocycles. The van der Waals surface area contributed by atoms with Gasteiger partial charge in [0.2, 0.25) is 9.05 Å². The van der Waals surface area contributed by atoms with Gasteiger partial charge in [-0.25, -0.2) is 8.42 Å². The lowest BCUT2D eigenvalue weighted by Gasteiger charge is -2.35. The average Bonchev–Trinajstić information content (AvgIpc) is 2.72. The number of hydrogen-bond donors (Lipinski definition) is 0. The van der Waals surface area contributed by atoms with Crippen LogP contribution in [-0.4, -0.2) is 26.9 Å². The van der Waals surface area contributed by atoms with Crippen LogP contribution >= 0.6 is 10.7 Å². The van der Waals surface area contributed by atoms with Gasteiger partial charge in [-0.3, -0.25) is 0 Å². The second kappa shape index (κ2) is 6.53. The van der Waals surface area contributed by atoms with Gasteiger partial charge < -0.3 is 4.74 Å². The molecule has 2 unspecified atom stereocenters. The highest BCUT2D eigenvalue weighted by Gasteiger charge is 2.39. The Bertz CT molecular complexity index is 405. The van der Waals surface area contributed by atoms with Gasteiger partial charge in [-0.1, -0.05) is 26.7 Å². The minimum absolute atomic E-state index is 0.0688. The van der Waals surface area contributed by atoms with Crippen molar-refractivity contribution >= 4 is 19.7 Å². The Kier molecular flexibility index (Phi) is 5.41. The van der Waals surface area contributed by atoms with Gasteiger partial charge >= 0.3 is 0 Å². The molecule has 2 rings (SSSR count). The Morgan fingerprint density at radius 2 is 1.65 bits per heavy atom. The average molecular weight is 323 g/mol. The molecular formula is C15H27ClO3S. The van der Waals surface area contributed by atoms with Crippen LogP contribution in [0.3, 0.4) is 0 Å². The highest BCUT2D eigenvalue weighted by molar-refractivity contribution is 8.13. The summed E-state index contributed by atoms with van der Waals surface area (Å²) in [7, 11) is 2.04. The Balaban J connectivity index is 1.92. The number of hydrogen-bond acceptors (Lipinski definition) is 3. The van der Waals surface area contributed by atoms with Crippen LogP contribution in [0.1, 0.15) is 58.8 Å². The van der Waals surface area contributed by atoms with Gasteiger partial charge in [-0.05, 0) is 43.9 Å². The summed E-state index contributed by atoms with van der Waals surface area (Å²) < 4.78 is 29.0. The molecule has 0 amide bonds. The summed E-state index contributed by atoms with van der Waals surface area (Å²) in [6.07, 6.45) is 7.82. The first kappa shape index (κ1) is 16.6. The molecule has 3 nitrogen and oxygen atoms in total. The Hall–Kier alpha value is 0.200. The highest BCUT2D eigenvalue weighted by atomic mass is 35.7. The molecule has 2 saturated carbocycles. The molecule has 0 saturated heterocycles. The molecule has 0 aromatic heterocycles. The van der Waals surface area contributed by atoms with E-state index in [1.165, 1.54) is 6.42 Å². The largest absolute Gasteiger partial charge is 0.378 e. The first-order valence-corrected chi connectivity index (χ1v) is 10.3. The molecule has 0 radical (unpaired) electrons. The SMILES string of the molecule is CC1CC(C)CC(OCC2(CS(=O)(=O)Cl)CCCC2)C1. The van der Waals surface area contributed by atoms with Crippen LogP contribution in [0.25, 0.3) is 0 Å². The minimum atomic E-state index is -3.45. The summed E-state index contributed by atoms with van der Waals surface area (Å²) in [6.45, 7) is 5.12. The molecule has 2 aliphatic rings. The lowest BCUT2D eigenvalue weighted by Crippen LogP contribution is -2.35. The van der Waals surface area contributed by atoms with Crippen LogP contribution in [-0.2, 0) is 13.8 Å². The summed E-state index contributed by atoms with van der Waals surface area (Å²) in [5, 5.41) is 0. The first-order chi connectivity index (χ1) is 9.28. The fourth-order valence-electron chi connectivity index (χ4n) is 4.12. The van der Waals surface area contributed by atoms with Gasteiger partial charge in [0.15, 0.2) is 0 Å². The molecule has 0 aliphatic heterocycles. The predicted molar refractivity (Wildman–Crippen MR) is 82.5 cm³/mol. The third kappa shape index (κ3) is 4.88.